The summed E-state index contributed by atoms with van der Waals surface area (Å²) in [5, 5.41) is 8.62. The second-order valence-corrected chi connectivity index (χ2v) is 3.39. The monoisotopic (exact) mass is 195 g/mol. The van der Waals surface area contributed by atoms with E-state index in [1.807, 2.05) is 32.0 Å². The minimum atomic E-state index is 0.0362. The maximum Gasteiger partial charge on any atom is 0.122 e. The van der Waals surface area contributed by atoms with E-state index in [-0.39, 0.29) is 12.6 Å². The molecule has 1 aromatic carbocycles. The number of benzene rings is 1. The Hall–Kier alpha value is -1.06. The van der Waals surface area contributed by atoms with Crippen LogP contribution in [0.1, 0.15) is 24.1 Å². The SMILES string of the molecule is Cc1cc([C@@H](C)N)ccc1OCCO. The third-order valence-corrected chi connectivity index (χ3v) is 2.07. The molecule has 0 aliphatic heterocycles. The average molecular weight is 195 g/mol. The molecular weight excluding hydrogens is 178 g/mol. The average Bonchev–Trinajstić information content (AvgIpc) is 2.15. The van der Waals surface area contributed by atoms with Gasteiger partial charge in [0, 0.05) is 6.04 Å². The van der Waals surface area contributed by atoms with Crippen molar-refractivity contribution in [3.8, 4) is 5.75 Å². The molecule has 0 saturated heterocycles. The molecule has 0 saturated carbocycles. The van der Waals surface area contributed by atoms with Crippen LogP contribution in [-0.4, -0.2) is 18.3 Å². The van der Waals surface area contributed by atoms with Crippen molar-refractivity contribution in [1.82, 2.24) is 0 Å². The van der Waals surface area contributed by atoms with Gasteiger partial charge in [-0.2, -0.15) is 0 Å². The molecule has 0 bridgehead atoms. The van der Waals surface area contributed by atoms with Gasteiger partial charge in [-0.3, -0.25) is 0 Å². The molecule has 3 nitrogen and oxygen atoms in total. The van der Waals surface area contributed by atoms with Gasteiger partial charge >= 0.3 is 0 Å². The lowest BCUT2D eigenvalue weighted by Crippen LogP contribution is -2.06. The summed E-state index contributed by atoms with van der Waals surface area (Å²) in [6, 6.07) is 5.89. The molecule has 3 heteroatoms. The summed E-state index contributed by atoms with van der Waals surface area (Å²) in [5.41, 5.74) is 7.90. The molecule has 1 atom stereocenters. The van der Waals surface area contributed by atoms with Crippen molar-refractivity contribution in [3.63, 3.8) is 0 Å². The molecule has 14 heavy (non-hydrogen) atoms. The van der Waals surface area contributed by atoms with Crippen LogP contribution in [0, 0.1) is 6.92 Å². The third-order valence-electron chi connectivity index (χ3n) is 2.07. The zero-order valence-corrected chi connectivity index (χ0v) is 8.66. The summed E-state index contributed by atoms with van der Waals surface area (Å²) in [4.78, 5) is 0. The van der Waals surface area contributed by atoms with E-state index in [1.165, 1.54) is 0 Å². The molecule has 1 aromatic rings. The first kappa shape index (κ1) is 11.0. The number of ether oxygens (including phenoxy) is 1. The lowest BCUT2D eigenvalue weighted by Gasteiger charge is -2.11. The molecule has 0 aliphatic rings. The Balaban J connectivity index is 2.79. The fourth-order valence-corrected chi connectivity index (χ4v) is 1.27. The molecule has 0 aromatic heterocycles. The Morgan fingerprint density at radius 2 is 2.21 bits per heavy atom. The van der Waals surface area contributed by atoms with Crippen LogP contribution >= 0.6 is 0 Å². The van der Waals surface area contributed by atoms with Gasteiger partial charge in [-0.25, -0.2) is 0 Å². The normalized spacial score (nSPS) is 12.6. The largest absolute Gasteiger partial charge is 0.491 e. The Labute approximate surface area is 84.5 Å². The molecule has 0 fully saturated rings. The first-order valence-electron chi connectivity index (χ1n) is 4.75. The van der Waals surface area contributed by atoms with E-state index in [0.717, 1.165) is 16.9 Å². The van der Waals surface area contributed by atoms with Crippen LogP contribution in [0.2, 0.25) is 0 Å². The molecule has 0 amide bonds. The Morgan fingerprint density at radius 3 is 2.71 bits per heavy atom. The summed E-state index contributed by atoms with van der Waals surface area (Å²) >= 11 is 0. The number of nitrogens with two attached hydrogens (primary N) is 1. The van der Waals surface area contributed by atoms with Gasteiger partial charge in [-0.15, -0.1) is 0 Å². The van der Waals surface area contributed by atoms with Crippen LogP contribution in [-0.2, 0) is 0 Å². The van der Waals surface area contributed by atoms with E-state index < -0.39 is 0 Å². The van der Waals surface area contributed by atoms with Crippen molar-refractivity contribution in [2.45, 2.75) is 19.9 Å². The Kier molecular flexibility index (Phi) is 3.92. The molecule has 3 N–H and O–H groups in total. The highest BCUT2D eigenvalue weighted by Gasteiger charge is 2.03. The Morgan fingerprint density at radius 1 is 1.50 bits per heavy atom. The number of hydrogen-bond donors (Lipinski definition) is 2. The van der Waals surface area contributed by atoms with Gasteiger partial charge in [0.25, 0.3) is 0 Å². The minimum absolute atomic E-state index is 0.0362. The summed E-state index contributed by atoms with van der Waals surface area (Å²) in [5.74, 6) is 0.809. The van der Waals surface area contributed by atoms with E-state index in [0.29, 0.717) is 6.61 Å². The van der Waals surface area contributed by atoms with Gasteiger partial charge in [0.15, 0.2) is 0 Å². The third kappa shape index (κ3) is 2.72. The number of aliphatic hydroxyl groups is 1. The van der Waals surface area contributed by atoms with Crippen LogP contribution in [0.5, 0.6) is 5.75 Å². The predicted octanol–water partition coefficient (Wildman–Crippen LogP) is 1.39. The van der Waals surface area contributed by atoms with Crippen LogP contribution < -0.4 is 10.5 Å². The fraction of sp³-hybridized carbons (Fsp3) is 0.455. The highest BCUT2D eigenvalue weighted by molar-refractivity contribution is 5.37. The number of rotatable bonds is 4. The van der Waals surface area contributed by atoms with Gasteiger partial charge in [0.1, 0.15) is 12.4 Å². The predicted molar refractivity (Wildman–Crippen MR) is 56.4 cm³/mol. The first-order chi connectivity index (χ1) is 6.65. The Bertz CT molecular complexity index is 297. The molecule has 0 unspecified atom stereocenters. The second kappa shape index (κ2) is 4.98. The van der Waals surface area contributed by atoms with Gasteiger partial charge in [0.2, 0.25) is 0 Å². The van der Waals surface area contributed by atoms with Crippen LogP contribution in [0.25, 0.3) is 0 Å². The second-order valence-electron chi connectivity index (χ2n) is 3.39. The summed E-state index contributed by atoms with van der Waals surface area (Å²) in [6.07, 6.45) is 0. The maximum atomic E-state index is 8.62. The maximum absolute atomic E-state index is 8.62. The van der Waals surface area contributed by atoms with E-state index in [9.17, 15) is 0 Å². The lowest BCUT2D eigenvalue weighted by atomic mass is 10.1. The van der Waals surface area contributed by atoms with Crippen molar-refractivity contribution in [1.29, 1.82) is 0 Å². The lowest BCUT2D eigenvalue weighted by molar-refractivity contribution is 0.200. The topological polar surface area (TPSA) is 55.5 Å². The molecule has 0 heterocycles. The highest BCUT2D eigenvalue weighted by atomic mass is 16.5. The van der Waals surface area contributed by atoms with Crippen molar-refractivity contribution >= 4 is 0 Å². The molecule has 0 aliphatic carbocycles. The van der Waals surface area contributed by atoms with E-state index >= 15 is 0 Å². The fourth-order valence-electron chi connectivity index (χ4n) is 1.27. The zero-order valence-electron chi connectivity index (χ0n) is 8.66. The summed E-state index contributed by atoms with van der Waals surface area (Å²) in [6.45, 7) is 4.29. The van der Waals surface area contributed by atoms with Gasteiger partial charge in [-0.05, 0) is 31.0 Å². The van der Waals surface area contributed by atoms with Gasteiger partial charge in [-0.1, -0.05) is 12.1 Å². The van der Waals surface area contributed by atoms with Gasteiger partial charge in [0.05, 0.1) is 6.61 Å². The standard InChI is InChI=1S/C11H17NO2/c1-8-7-10(9(2)12)3-4-11(8)14-6-5-13/h3-4,7,9,13H,5-6,12H2,1-2H3/t9-/m1/s1. The van der Waals surface area contributed by atoms with Crippen LogP contribution in [0.3, 0.4) is 0 Å². The molecule has 78 valence electrons. The van der Waals surface area contributed by atoms with E-state index in [4.69, 9.17) is 15.6 Å². The summed E-state index contributed by atoms with van der Waals surface area (Å²) in [7, 11) is 0. The molecular formula is C11H17NO2. The smallest absolute Gasteiger partial charge is 0.122 e. The van der Waals surface area contributed by atoms with Gasteiger partial charge < -0.3 is 15.6 Å². The minimum Gasteiger partial charge on any atom is -0.491 e. The first-order valence-corrected chi connectivity index (χ1v) is 4.75. The van der Waals surface area contributed by atoms with Crippen molar-refractivity contribution < 1.29 is 9.84 Å². The van der Waals surface area contributed by atoms with E-state index in [1.54, 1.807) is 0 Å². The number of aryl methyl sites for hydroxylation is 1. The zero-order chi connectivity index (χ0) is 10.6. The van der Waals surface area contributed by atoms with Crippen LogP contribution in [0.4, 0.5) is 0 Å². The summed E-state index contributed by atoms with van der Waals surface area (Å²) < 4.78 is 5.33. The molecule has 0 radical (unpaired) electrons. The van der Waals surface area contributed by atoms with Crippen LogP contribution in [0.15, 0.2) is 18.2 Å². The van der Waals surface area contributed by atoms with Crippen molar-refractivity contribution in [2.75, 3.05) is 13.2 Å². The molecule has 1 rings (SSSR count). The quantitative estimate of drug-likeness (QED) is 0.763. The van der Waals surface area contributed by atoms with Crippen molar-refractivity contribution in [2.24, 2.45) is 5.73 Å². The highest BCUT2D eigenvalue weighted by Crippen LogP contribution is 2.21. The molecule has 0 spiro atoms. The number of hydrogen-bond acceptors (Lipinski definition) is 3. The van der Waals surface area contributed by atoms with E-state index in [2.05, 4.69) is 0 Å². The number of aliphatic hydroxyl groups excluding tert-OH is 1. The van der Waals surface area contributed by atoms with Crippen molar-refractivity contribution in [3.05, 3.63) is 29.3 Å².